The molecular weight excluding hydrogens is 764 g/mol. The van der Waals surface area contributed by atoms with Crippen LogP contribution in [0.1, 0.15) is 65.0 Å². The Labute approximate surface area is 326 Å². The molecular formula is C43H37BrN4O5S. The Hall–Kier alpha value is -5.39. The number of nitrogens with one attached hydrogen (secondary N) is 1. The fraction of sp³-hybridized carbons (Fsp3) is 0.209. The molecule has 0 bridgehead atoms. The van der Waals surface area contributed by atoms with E-state index in [1.165, 1.54) is 51.8 Å². The molecule has 1 saturated heterocycles. The minimum Gasteiger partial charge on any atom is -0.490 e. The number of hydrogen-bond donors (Lipinski definition) is 1. The van der Waals surface area contributed by atoms with Gasteiger partial charge in [-0.25, -0.2) is 4.99 Å². The minimum absolute atomic E-state index is 0.0199. The Morgan fingerprint density at radius 1 is 0.907 bits per heavy atom. The van der Waals surface area contributed by atoms with Gasteiger partial charge in [0.25, 0.3) is 11.6 Å². The molecule has 5 aromatic rings. The molecule has 5 aromatic carbocycles. The van der Waals surface area contributed by atoms with Crippen LogP contribution in [0.3, 0.4) is 0 Å². The van der Waals surface area contributed by atoms with Gasteiger partial charge in [-0.3, -0.25) is 14.9 Å². The number of amides is 1. The summed E-state index contributed by atoms with van der Waals surface area (Å²) in [6, 6.07) is 35.9. The van der Waals surface area contributed by atoms with E-state index in [4.69, 9.17) is 14.5 Å². The van der Waals surface area contributed by atoms with Crippen LogP contribution in [-0.2, 0) is 11.4 Å². The smallest absolute Gasteiger partial charge is 0.269 e. The first kappa shape index (κ1) is 35.6. The summed E-state index contributed by atoms with van der Waals surface area (Å²) in [4.78, 5) is 32.1. The number of nitro benzene ring substituents is 1. The van der Waals surface area contributed by atoms with E-state index >= 15 is 0 Å². The highest BCUT2D eigenvalue weighted by molar-refractivity contribution is 9.10. The van der Waals surface area contributed by atoms with E-state index in [1.54, 1.807) is 12.1 Å². The summed E-state index contributed by atoms with van der Waals surface area (Å²) >= 11 is 4.94. The Morgan fingerprint density at radius 3 is 2.13 bits per heavy atom. The van der Waals surface area contributed by atoms with Crippen molar-refractivity contribution in [3.8, 4) is 11.5 Å². The molecule has 1 fully saturated rings. The molecule has 0 spiro atoms. The van der Waals surface area contributed by atoms with Gasteiger partial charge in [0.2, 0.25) is 0 Å². The first-order valence-electron chi connectivity index (χ1n) is 18.0. The van der Waals surface area contributed by atoms with E-state index in [-0.39, 0.29) is 30.0 Å². The second-order valence-electron chi connectivity index (χ2n) is 13.4. The fourth-order valence-corrected chi connectivity index (χ4v) is 9.01. The molecule has 1 N–H and O–H groups in total. The molecule has 272 valence electrons. The summed E-state index contributed by atoms with van der Waals surface area (Å²) in [5.41, 5.74) is 8.90. The van der Waals surface area contributed by atoms with Crippen LogP contribution in [-0.4, -0.2) is 35.7 Å². The van der Waals surface area contributed by atoms with Crippen molar-refractivity contribution >= 4 is 61.9 Å². The highest BCUT2D eigenvalue weighted by Crippen LogP contribution is 2.50. The van der Waals surface area contributed by atoms with Crippen molar-refractivity contribution in [1.29, 1.82) is 0 Å². The highest BCUT2D eigenvalue weighted by Gasteiger charge is 2.35. The molecule has 9 nitrogen and oxygen atoms in total. The van der Waals surface area contributed by atoms with Gasteiger partial charge < -0.3 is 19.7 Å². The molecule has 3 aliphatic rings. The maximum absolute atomic E-state index is 13.4. The number of carbonyl (C=O) groups is 1. The van der Waals surface area contributed by atoms with Crippen molar-refractivity contribution in [3.05, 3.63) is 162 Å². The summed E-state index contributed by atoms with van der Waals surface area (Å²) in [5.74, 6) is 1.30. The lowest BCUT2D eigenvalue weighted by molar-refractivity contribution is -0.384. The number of thioether (sulfide) groups is 1. The standard InChI is InChI=1S/C43H37BrN4O5S/c1-2-52-38-22-28(21-37(44)41(38)53-26-27-13-15-32(16-14-27)48(50)51)23-39-42(49)46-43(54-39)45-31-24-35-33(29-9-5-3-6-10-29)17-19-47-20-18-34(36(25-31)40(35)47)30-11-7-4-8-12-30/h3-16,21-25,33-34H,2,17-20,26H2,1H3,(H,45,46,49)/b39-23-/t33-,34-/m0/s1. The van der Waals surface area contributed by atoms with Crippen LogP contribution in [0.15, 0.2) is 124 Å². The Morgan fingerprint density at radius 2 is 1.54 bits per heavy atom. The van der Waals surface area contributed by atoms with Gasteiger partial charge in [-0.1, -0.05) is 60.7 Å². The van der Waals surface area contributed by atoms with Gasteiger partial charge in [0.1, 0.15) is 6.61 Å². The number of amidine groups is 1. The van der Waals surface area contributed by atoms with E-state index in [9.17, 15) is 14.9 Å². The third-order valence-electron chi connectivity index (χ3n) is 10.0. The second kappa shape index (κ2) is 15.5. The van der Waals surface area contributed by atoms with Crippen LogP contribution in [0.4, 0.5) is 17.1 Å². The number of hydrogen-bond acceptors (Lipinski definition) is 8. The molecule has 11 heteroatoms. The Bertz CT molecular complexity index is 2210. The summed E-state index contributed by atoms with van der Waals surface area (Å²) in [7, 11) is 0. The minimum atomic E-state index is -0.432. The maximum atomic E-state index is 13.4. The zero-order valence-corrected chi connectivity index (χ0v) is 31.9. The second-order valence-corrected chi connectivity index (χ2v) is 15.3. The van der Waals surface area contributed by atoms with Gasteiger partial charge >= 0.3 is 0 Å². The molecule has 0 aromatic heterocycles. The number of benzene rings is 5. The average molecular weight is 802 g/mol. The van der Waals surface area contributed by atoms with Crippen molar-refractivity contribution in [2.45, 2.75) is 38.2 Å². The SMILES string of the molecule is CCOc1cc(/C=C2\SC(=Nc3cc4c5c(c3)[C@H](c3ccccc3)CCN5CC[C@H]4c3ccccc3)NC2=O)cc(Br)c1OCc1ccc([N+](=O)[O-])cc1. The topological polar surface area (TPSA) is 106 Å². The Kier molecular flexibility index (Phi) is 10.2. The lowest BCUT2D eigenvalue weighted by Crippen LogP contribution is -2.37. The number of anilines is 1. The number of ether oxygens (including phenoxy) is 2. The average Bonchev–Trinajstić information content (AvgIpc) is 3.52. The molecule has 2 atom stereocenters. The summed E-state index contributed by atoms with van der Waals surface area (Å²) < 4.78 is 12.7. The number of nitro groups is 1. The van der Waals surface area contributed by atoms with E-state index in [0.717, 1.165) is 42.7 Å². The van der Waals surface area contributed by atoms with Gasteiger partial charge in [0.05, 0.1) is 26.6 Å². The number of nitrogens with zero attached hydrogens (tertiary/aromatic N) is 3. The van der Waals surface area contributed by atoms with Crippen LogP contribution in [0.25, 0.3) is 6.08 Å². The molecule has 3 aliphatic heterocycles. The number of non-ortho nitro benzene ring substituents is 1. The van der Waals surface area contributed by atoms with Crippen molar-refractivity contribution in [1.82, 2.24) is 5.32 Å². The van der Waals surface area contributed by atoms with E-state index < -0.39 is 4.92 Å². The van der Waals surface area contributed by atoms with Gasteiger partial charge in [-0.2, -0.15) is 0 Å². The quantitative estimate of drug-likeness (QED) is 0.0852. The van der Waals surface area contributed by atoms with Gasteiger partial charge in [0.15, 0.2) is 16.7 Å². The maximum Gasteiger partial charge on any atom is 0.269 e. The molecule has 54 heavy (non-hydrogen) atoms. The van der Waals surface area contributed by atoms with Crippen molar-refractivity contribution in [2.24, 2.45) is 4.99 Å². The summed E-state index contributed by atoms with van der Waals surface area (Å²) in [5, 5.41) is 14.6. The monoisotopic (exact) mass is 800 g/mol. The third-order valence-corrected chi connectivity index (χ3v) is 11.5. The molecule has 0 radical (unpaired) electrons. The molecule has 3 heterocycles. The molecule has 0 unspecified atom stereocenters. The zero-order valence-electron chi connectivity index (χ0n) is 29.5. The van der Waals surface area contributed by atoms with Gasteiger partial charge in [-0.15, -0.1) is 0 Å². The Balaban J connectivity index is 1.09. The van der Waals surface area contributed by atoms with Gasteiger partial charge in [0, 0.05) is 42.7 Å². The van der Waals surface area contributed by atoms with E-state index in [0.29, 0.717) is 32.7 Å². The summed E-state index contributed by atoms with van der Waals surface area (Å²) in [6.07, 6.45) is 3.89. The van der Waals surface area contributed by atoms with Crippen molar-refractivity contribution < 1.29 is 19.2 Å². The van der Waals surface area contributed by atoms with Crippen LogP contribution in [0, 0.1) is 10.1 Å². The number of carbonyl (C=O) groups excluding carboxylic acids is 1. The molecule has 0 saturated carbocycles. The van der Waals surface area contributed by atoms with Crippen molar-refractivity contribution in [3.63, 3.8) is 0 Å². The zero-order chi connectivity index (χ0) is 37.2. The van der Waals surface area contributed by atoms with Crippen LogP contribution < -0.4 is 19.7 Å². The van der Waals surface area contributed by atoms with Gasteiger partial charge in [-0.05, 0) is 123 Å². The van der Waals surface area contributed by atoms with Crippen LogP contribution >= 0.6 is 27.7 Å². The first-order valence-corrected chi connectivity index (χ1v) is 19.6. The first-order chi connectivity index (χ1) is 26.3. The number of halogens is 1. The van der Waals surface area contributed by atoms with E-state index in [1.807, 2.05) is 25.1 Å². The lowest BCUT2D eigenvalue weighted by Gasteiger charge is -2.43. The third kappa shape index (κ3) is 7.38. The normalized spacial score (nSPS) is 19.1. The highest BCUT2D eigenvalue weighted by atomic mass is 79.9. The lowest BCUT2D eigenvalue weighted by atomic mass is 9.76. The van der Waals surface area contributed by atoms with Crippen molar-refractivity contribution in [2.75, 3.05) is 24.6 Å². The van der Waals surface area contributed by atoms with E-state index in [2.05, 4.69) is 98.9 Å². The molecule has 0 aliphatic carbocycles. The van der Waals surface area contributed by atoms with Crippen LogP contribution in [0.2, 0.25) is 0 Å². The fourth-order valence-electron chi connectivity index (χ4n) is 7.60. The molecule has 1 amide bonds. The number of aliphatic imine (C=N–C) groups is 1. The molecule has 8 rings (SSSR count). The van der Waals surface area contributed by atoms with Crippen LogP contribution in [0.5, 0.6) is 11.5 Å². The number of rotatable bonds is 10. The predicted octanol–water partition coefficient (Wildman–Crippen LogP) is 10.1. The largest absolute Gasteiger partial charge is 0.490 e. The predicted molar refractivity (Wildman–Crippen MR) is 218 cm³/mol. The summed E-state index contributed by atoms with van der Waals surface area (Å²) in [6.45, 7) is 4.52.